The highest BCUT2D eigenvalue weighted by molar-refractivity contribution is 5.92. The number of nitrogens with zero attached hydrogens (tertiary/aromatic N) is 1. The van der Waals surface area contributed by atoms with Crippen LogP contribution in [0.2, 0.25) is 0 Å². The van der Waals surface area contributed by atoms with Crippen molar-refractivity contribution < 1.29 is 66.7 Å². The third kappa shape index (κ3) is 37.1. The number of likely N-dealkylation sites (tertiary alicyclic amines) is 1. The van der Waals surface area contributed by atoms with E-state index in [1.807, 2.05) is 0 Å². The van der Waals surface area contributed by atoms with Crippen LogP contribution in [0.1, 0.15) is 245 Å². The fraction of sp³-hybridized carbons (Fsp3) is 0.873. The molecule has 0 aromatic heterocycles. The molecule has 0 saturated carbocycles. The van der Waals surface area contributed by atoms with Crippen LogP contribution >= 0.6 is 0 Å². The Morgan fingerprint density at radius 3 is 1.00 bits per heavy atom. The summed E-state index contributed by atoms with van der Waals surface area (Å²) >= 11 is 0. The molecule has 0 aliphatic carbocycles. The van der Waals surface area contributed by atoms with Crippen LogP contribution in [-0.2, 0) is 66.7 Å². The molecule has 0 amide bonds. The van der Waals surface area contributed by atoms with E-state index in [2.05, 4.69) is 25.7 Å². The van der Waals surface area contributed by atoms with E-state index < -0.39 is 42.3 Å². The van der Waals surface area contributed by atoms with E-state index >= 15 is 0 Å². The Bertz CT molecular complexity index is 1330. The van der Waals surface area contributed by atoms with E-state index in [9.17, 15) is 33.6 Å². The van der Waals surface area contributed by atoms with Gasteiger partial charge in [-0.1, -0.05) is 85.0 Å². The van der Waals surface area contributed by atoms with Gasteiger partial charge in [0, 0.05) is 25.7 Å². The van der Waals surface area contributed by atoms with Gasteiger partial charge >= 0.3 is 41.8 Å². The van der Waals surface area contributed by atoms with Crippen LogP contribution in [0.4, 0.5) is 0 Å². The van der Waals surface area contributed by atoms with E-state index in [0.29, 0.717) is 103 Å². The van der Waals surface area contributed by atoms with E-state index in [-0.39, 0.29) is 44.1 Å². The molecule has 0 unspecified atom stereocenters. The Balaban J connectivity index is 2.89. The molecule has 1 heterocycles. The molecular weight excluding hydrogens is 899 g/mol. The van der Waals surface area contributed by atoms with Crippen LogP contribution in [0.5, 0.6) is 0 Å². The molecule has 0 N–H and O–H groups in total. The molecule has 0 spiro atoms. The Kier molecular flexibility index (Phi) is 41.4. The first-order valence-corrected chi connectivity index (χ1v) is 27.9. The highest BCUT2D eigenvalue weighted by atomic mass is 16.6. The maximum Gasteiger partial charge on any atom is 0.351 e. The van der Waals surface area contributed by atoms with Crippen molar-refractivity contribution >= 4 is 41.8 Å². The zero-order chi connectivity index (χ0) is 51.2. The second-order valence-corrected chi connectivity index (χ2v) is 19.1. The Morgan fingerprint density at radius 1 is 0.343 bits per heavy atom. The minimum absolute atomic E-state index is 0.00915. The number of carbonyl (C=O) groups is 7. The van der Waals surface area contributed by atoms with Gasteiger partial charge in [0.1, 0.15) is 0 Å². The van der Waals surface area contributed by atoms with Crippen molar-refractivity contribution in [2.75, 3.05) is 59.3 Å². The molecule has 0 atom stereocenters. The van der Waals surface area contributed by atoms with Gasteiger partial charge in [0.15, 0.2) is 0 Å². The van der Waals surface area contributed by atoms with E-state index in [4.69, 9.17) is 33.2 Å². The van der Waals surface area contributed by atoms with Crippen molar-refractivity contribution in [2.24, 2.45) is 0 Å². The maximum atomic E-state index is 14.1. The first kappa shape index (κ1) is 64.3. The van der Waals surface area contributed by atoms with Crippen molar-refractivity contribution in [3.8, 4) is 0 Å². The molecule has 0 aromatic rings. The number of hydrogen-bond donors (Lipinski definition) is 0. The highest BCUT2D eigenvalue weighted by Crippen LogP contribution is 2.27. The molecule has 0 aromatic carbocycles. The summed E-state index contributed by atoms with van der Waals surface area (Å²) < 4.78 is 38.7. The van der Waals surface area contributed by atoms with Crippen molar-refractivity contribution in [2.45, 2.75) is 251 Å². The van der Waals surface area contributed by atoms with Gasteiger partial charge in [0.2, 0.25) is 5.60 Å². The number of ether oxygens (including phenoxy) is 7. The van der Waals surface area contributed by atoms with E-state index in [1.54, 1.807) is 0 Å². The van der Waals surface area contributed by atoms with Gasteiger partial charge in [-0.25, -0.2) is 4.79 Å². The number of carbonyl (C=O) groups excluding carboxylic acids is 7. The molecule has 0 radical (unpaired) electrons. The van der Waals surface area contributed by atoms with Gasteiger partial charge in [0.25, 0.3) is 0 Å². The van der Waals surface area contributed by atoms with Crippen LogP contribution in [0.15, 0.2) is 0 Å². The summed E-state index contributed by atoms with van der Waals surface area (Å²) in [5.41, 5.74) is -2.30. The van der Waals surface area contributed by atoms with Crippen molar-refractivity contribution in [3.63, 3.8) is 0 Å². The van der Waals surface area contributed by atoms with Crippen LogP contribution in [0, 0.1) is 0 Å². The lowest BCUT2D eigenvalue weighted by Gasteiger charge is -2.30. The smallest absolute Gasteiger partial charge is 0.351 e. The third-order valence-corrected chi connectivity index (χ3v) is 12.5. The van der Waals surface area contributed by atoms with Gasteiger partial charge in [-0.3, -0.25) is 28.8 Å². The lowest BCUT2D eigenvalue weighted by Crippen LogP contribution is -2.48. The molecule has 0 bridgehead atoms. The summed E-state index contributed by atoms with van der Waals surface area (Å²) in [6.07, 6.45) is 24.4. The molecule has 70 heavy (non-hydrogen) atoms. The summed E-state index contributed by atoms with van der Waals surface area (Å²) in [6.45, 7) is 10.5. The molecule has 15 nitrogen and oxygen atoms in total. The lowest BCUT2D eigenvalue weighted by molar-refractivity contribution is -0.191. The molecule has 1 saturated heterocycles. The fourth-order valence-electron chi connectivity index (χ4n) is 8.15. The number of esters is 7. The molecule has 1 rings (SSSR count). The first-order chi connectivity index (χ1) is 34.0. The molecular formula is C55H97NO14. The van der Waals surface area contributed by atoms with Gasteiger partial charge in [-0.2, -0.15) is 0 Å². The van der Waals surface area contributed by atoms with E-state index in [0.717, 1.165) is 129 Å². The second-order valence-electron chi connectivity index (χ2n) is 19.1. The largest absolute Gasteiger partial charge is 0.466 e. The normalized spacial score (nSPS) is 12.6. The van der Waals surface area contributed by atoms with E-state index in [1.165, 1.54) is 12.8 Å². The zero-order valence-electron chi connectivity index (χ0n) is 44.3. The molecule has 1 aliphatic rings. The van der Waals surface area contributed by atoms with Crippen LogP contribution < -0.4 is 0 Å². The summed E-state index contributed by atoms with van der Waals surface area (Å²) in [4.78, 5) is 93.0. The number of rotatable bonds is 48. The van der Waals surface area contributed by atoms with Crippen LogP contribution in [0.3, 0.4) is 0 Å². The Hall–Kier alpha value is -3.75. The fourth-order valence-corrected chi connectivity index (χ4v) is 8.15. The average molecular weight is 996 g/mol. The molecule has 1 fully saturated rings. The third-order valence-electron chi connectivity index (χ3n) is 12.5. The Labute approximate surface area is 422 Å². The van der Waals surface area contributed by atoms with Crippen molar-refractivity contribution in [1.82, 2.24) is 4.90 Å². The van der Waals surface area contributed by atoms with Crippen LogP contribution in [0.25, 0.3) is 0 Å². The van der Waals surface area contributed by atoms with Gasteiger partial charge in [-0.05, 0) is 142 Å². The SMILES string of the molecule is CCCCCCC(=O)OCCCCCCOC(=O)CC(CC(=O)OCCCCCCOC(=O)CCCCCC)(OC(=O)CCCCCN1CCCC1)C(=O)OCCCCCCOC(=O)CCCCCC. The molecule has 1 aliphatic heterocycles. The number of hydrogen-bond acceptors (Lipinski definition) is 15. The topological polar surface area (TPSA) is 187 Å². The zero-order valence-corrected chi connectivity index (χ0v) is 44.3. The molecule has 406 valence electrons. The van der Waals surface area contributed by atoms with Crippen molar-refractivity contribution in [1.29, 1.82) is 0 Å². The average Bonchev–Trinajstić information content (AvgIpc) is 3.86. The lowest BCUT2D eigenvalue weighted by atomic mass is 9.94. The predicted molar refractivity (Wildman–Crippen MR) is 270 cm³/mol. The summed E-state index contributed by atoms with van der Waals surface area (Å²) in [6, 6.07) is 0. The van der Waals surface area contributed by atoms with Crippen LogP contribution in [-0.4, -0.2) is 112 Å². The minimum atomic E-state index is -2.30. The first-order valence-electron chi connectivity index (χ1n) is 27.9. The van der Waals surface area contributed by atoms with Crippen molar-refractivity contribution in [3.05, 3.63) is 0 Å². The monoisotopic (exact) mass is 996 g/mol. The summed E-state index contributed by atoms with van der Waals surface area (Å²) in [5.74, 6) is -3.93. The summed E-state index contributed by atoms with van der Waals surface area (Å²) in [7, 11) is 0. The standard InChI is InChI=1S/C55H97NO14/c1-4-7-10-20-33-48(57)64-40-27-13-15-30-43-67-52(61)46-55(70-51(60)36-23-19-24-37-56-38-25-26-39-56,54(63)69-45-32-18-17-29-42-66-50(59)35-22-12-9-6-3)47-53(62)68-44-31-16-14-28-41-65-49(58)34-21-11-8-5-2/h4-47H2,1-3H3. The van der Waals surface area contributed by atoms with Gasteiger partial charge in [-0.15, -0.1) is 0 Å². The Morgan fingerprint density at radius 2 is 0.643 bits per heavy atom. The van der Waals surface area contributed by atoms with Gasteiger partial charge < -0.3 is 38.1 Å². The summed E-state index contributed by atoms with van der Waals surface area (Å²) in [5, 5.41) is 0. The maximum absolute atomic E-state index is 14.1. The van der Waals surface area contributed by atoms with Gasteiger partial charge in [0.05, 0.1) is 52.5 Å². The quantitative estimate of drug-likeness (QED) is 0.0318. The molecule has 15 heteroatoms. The highest BCUT2D eigenvalue weighted by Gasteiger charge is 2.49. The second kappa shape index (κ2) is 45.1. The predicted octanol–water partition coefficient (Wildman–Crippen LogP) is 11.6. The minimum Gasteiger partial charge on any atom is -0.466 e. The number of unbranched alkanes of at least 4 members (excludes halogenated alkanes) is 20.